The number of nitrogens with zero attached hydrogens (tertiary/aromatic N) is 2. The molecule has 5 heteroatoms. The molecule has 0 aromatic heterocycles. The van der Waals surface area contributed by atoms with Gasteiger partial charge in [0.05, 0.1) is 6.54 Å². The number of likely N-dealkylation sites (tertiary alicyclic amines) is 2. The number of carbonyl (C=O) groups excluding carboxylic acids is 2. The number of amides is 2. The topological polar surface area (TPSA) is 60.9 Å². The Balaban J connectivity index is 1.46. The van der Waals surface area contributed by atoms with Crippen molar-refractivity contribution in [2.75, 3.05) is 26.2 Å². The molecule has 152 valence electrons. The maximum Gasteiger partial charge on any atom is 0.251 e. The summed E-state index contributed by atoms with van der Waals surface area (Å²) in [7, 11) is 0. The lowest BCUT2D eigenvalue weighted by Gasteiger charge is -2.51. The minimum absolute atomic E-state index is 0.0351. The van der Waals surface area contributed by atoms with Crippen LogP contribution in [0.3, 0.4) is 0 Å². The Morgan fingerprint density at radius 1 is 1.00 bits per heavy atom. The monoisotopic (exact) mass is 392 g/mol. The van der Waals surface area contributed by atoms with Gasteiger partial charge in [-0.3, -0.25) is 9.59 Å². The lowest BCUT2D eigenvalue weighted by atomic mass is 9.69. The van der Waals surface area contributed by atoms with E-state index in [2.05, 4.69) is 24.3 Å². The first kappa shape index (κ1) is 19.6. The van der Waals surface area contributed by atoms with Crippen molar-refractivity contribution in [3.63, 3.8) is 0 Å². The largest absolute Gasteiger partial charge is 0.383 e. The zero-order chi connectivity index (χ0) is 20.3. The molecule has 0 spiro atoms. The van der Waals surface area contributed by atoms with Crippen molar-refractivity contribution in [2.45, 2.75) is 37.2 Å². The highest BCUT2D eigenvalue weighted by molar-refractivity contribution is 5.87. The third kappa shape index (κ3) is 4.20. The predicted molar refractivity (Wildman–Crippen MR) is 111 cm³/mol. The van der Waals surface area contributed by atoms with E-state index in [9.17, 15) is 14.7 Å². The second-order valence-corrected chi connectivity index (χ2v) is 8.33. The molecule has 2 saturated heterocycles. The van der Waals surface area contributed by atoms with Crippen molar-refractivity contribution in [1.29, 1.82) is 0 Å². The van der Waals surface area contributed by atoms with Crippen molar-refractivity contribution < 1.29 is 14.7 Å². The van der Waals surface area contributed by atoms with Crippen LogP contribution in [-0.4, -0.2) is 59.0 Å². The van der Waals surface area contributed by atoms with Crippen molar-refractivity contribution in [1.82, 2.24) is 9.80 Å². The van der Waals surface area contributed by atoms with Crippen LogP contribution in [-0.2, 0) is 21.4 Å². The van der Waals surface area contributed by atoms with E-state index in [0.29, 0.717) is 26.1 Å². The first-order chi connectivity index (χ1) is 14.1. The first-order valence-corrected chi connectivity index (χ1v) is 10.4. The van der Waals surface area contributed by atoms with E-state index >= 15 is 0 Å². The van der Waals surface area contributed by atoms with Crippen LogP contribution in [0, 0.1) is 0 Å². The summed E-state index contributed by atoms with van der Waals surface area (Å²) >= 11 is 0. The van der Waals surface area contributed by atoms with Gasteiger partial charge in [0, 0.05) is 25.0 Å². The number of rotatable bonds is 5. The molecule has 0 radical (unpaired) electrons. The normalized spacial score (nSPS) is 21.4. The fraction of sp³-hybridized carbons (Fsp3) is 0.417. The number of aliphatic hydroxyl groups excluding tert-OH is 1. The molecule has 2 aromatic carbocycles. The van der Waals surface area contributed by atoms with Crippen LogP contribution in [0.1, 0.15) is 30.4 Å². The summed E-state index contributed by atoms with van der Waals surface area (Å²) in [5, 5.41) is 9.93. The summed E-state index contributed by atoms with van der Waals surface area (Å²) in [6.07, 6.45) is 2.04. The van der Waals surface area contributed by atoms with Crippen LogP contribution in [0.25, 0.3) is 0 Å². The molecule has 2 amide bonds. The first-order valence-electron chi connectivity index (χ1n) is 10.4. The van der Waals surface area contributed by atoms with Gasteiger partial charge in [0.1, 0.15) is 6.10 Å². The number of hydrogen-bond donors (Lipinski definition) is 1. The Morgan fingerprint density at radius 2 is 1.66 bits per heavy atom. The Kier molecular flexibility index (Phi) is 5.67. The summed E-state index contributed by atoms with van der Waals surface area (Å²) in [6, 6.07) is 20.8. The smallest absolute Gasteiger partial charge is 0.251 e. The van der Waals surface area contributed by atoms with Gasteiger partial charge in [-0.15, -0.1) is 0 Å². The third-order valence-electron chi connectivity index (χ3n) is 6.19. The number of hydrogen-bond acceptors (Lipinski definition) is 3. The molecular formula is C24H28N2O3. The van der Waals surface area contributed by atoms with Gasteiger partial charge in [-0.2, -0.15) is 0 Å². The van der Waals surface area contributed by atoms with E-state index in [4.69, 9.17) is 0 Å². The van der Waals surface area contributed by atoms with Crippen LogP contribution in [0.15, 0.2) is 60.7 Å². The zero-order valence-electron chi connectivity index (χ0n) is 16.7. The summed E-state index contributed by atoms with van der Waals surface area (Å²) in [5.74, 6) is -0.345. The Morgan fingerprint density at radius 3 is 2.34 bits per heavy atom. The van der Waals surface area contributed by atoms with Gasteiger partial charge in [-0.25, -0.2) is 0 Å². The maximum absolute atomic E-state index is 12.9. The molecule has 1 atom stereocenters. The van der Waals surface area contributed by atoms with Gasteiger partial charge >= 0.3 is 0 Å². The van der Waals surface area contributed by atoms with Crippen molar-refractivity contribution in [3.8, 4) is 0 Å². The summed E-state index contributed by atoms with van der Waals surface area (Å²) in [4.78, 5) is 28.6. The predicted octanol–water partition coefficient (Wildman–Crippen LogP) is 2.38. The minimum atomic E-state index is -0.969. The molecule has 5 nitrogen and oxygen atoms in total. The van der Waals surface area contributed by atoms with Gasteiger partial charge < -0.3 is 14.9 Å². The van der Waals surface area contributed by atoms with Crippen molar-refractivity contribution in [3.05, 3.63) is 71.8 Å². The van der Waals surface area contributed by atoms with E-state index in [1.807, 2.05) is 41.3 Å². The molecular weight excluding hydrogens is 364 g/mol. The summed E-state index contributed by atoms with van der Waals surface area (Å²) < 4.78 is 0. The van der Waals surface area contributed by atoms with Crippen LogP contribution in [0.5, 0.6) is 0 Å². The molecule has 0 bridgehead atoms. The fourth-order valence-electron chi connectivity index (χ4n) is 4.54. The molecule has 2 aromatic rings. The molecule has 1 N–H and O–H groups in total. The van der Waals surface area contributed by atoms with Crippen LogP contribution in [0.2, 0.25) is 0 Å². The van der Waals surface area contributed by atoms with E-state index in [0.717, 1.165) is 19.3 Å². The maximum atomic E-state index is 12.9. The minimum Gasteiger partial charge on any atom is -0.383 e. The molecule has 0 aliphatic carbocycles. The van der Waals surface area contributed by atoms with Gasteiger partial charge in [-0.1, -0.05) is 60.7 Å². The second kappa shape index (κ2) is 8.37. The second-order valence-electron chi connectivity index (χ2n) is 8.33. The average Bonchev–Trinajstić information content (AvgIpc) is 2.87. The van der Waals surface area contributed by atoms with Crippen LogP contribution < -0.4 is 0 Å². The summed E-state index contributed by atoms with van der Waals surface area (Å²) in [6.45, 7) is 1.90. The Bertz CT molecular complexity index is 847. The number of carbonyl (C=O) groups is 2. The standard InChI is InChI=1S/C24H28N2O3/c27-21-13-7-8-14-25(23(21)29)16-22(28)26-17-24(18-26,20-11-5-2-6-12-20)15-19-9-3-1-4-10-19/h1-6,9-12,21,27H,7-8,13-18H2. The Hall–Kier alpha value is -2.66. The van der Waals surface area contributed by atoms with E-state index in [1.54, 1.807) is 0 Å². The molecule has 2 aliphatic heterocycles. The van der Waals surface area contributed by atoms with Crippen LogP contribution in [0.4, 0.5) is 0 Å². The number of benzene rings is 2. The highest BCUT2D eigenvalue weighted by atomic mass is 16.3. The van der Waals surface area contributed by atoms with Gasteiger partial charge in [0.25, 0.3) is 5.91 Å². The Labute approximate surface area is 171 Å². The molecule has 29 heavy (non-hydrogen) atoms. The quantitative estimate of drug-likeness (QED) is 0.850. The molecule has 2 heterocycles. The van der Waals surface area contributed by atoms with Gasteiger partial charge in [0.2, 0.25) is 5.91 Å². The molecule has 2 fully saturated rings. The highest BCUT2D eigenvalue weighted by Crippen LogP contribution is 2.38. The highest BCUT2D eigenvalue weighted by Gasteiger charge is 2.46. The number of aliphatic hydroxyl groups is 1. The molecule has 0 saturated carbocycles. The van der Waals surface area contributed by atoms with Crippen molar-refractivity contribution in [2.24, 2.45) is 0 Å². The lowest BCUT2D eigenvalue weighted by molar-refractivity contribution is -0.148. The van der Waals surface area contributed by atoms with E-state index < -0.39 is 6.10 Å². The molecule has 2 aliphatic rings. The van der Waals surface area contributed by atoms with E-state index in [-0.39, 0.29) is 23.8 Å². The third-order valence-corrected chi connectivity index (χ3v) is 6.19. The zero-order valence-corrected chi connectivity index (χ0v) is 16.7. The molecule has 4 rings (SSSR count). The SMILES string of the molecule is O=C(CN1CCCCC(O)C1=O)N1CC(Cc2ccccc2)(c2ccccc2)C1. The van der Waals surface area contributed by atoms with E-state index in [1.165, 1.54) is 16.0 Å². The lowest BCUT2D eigenvalue weighted by Crippen LogP contribution is -2.63. The fourth-order valence-corrected chi connectivity index (χ4v) is 4.54. The van der Waals surface area contributed by atoms with Crippen LogP contribution >= 0.6 is 0 Å². The average molecular weight is 392 g/mol. The summed E-state index contributed by atoms with van der Waals surface area (Å²) in [5.41, 5.74) is 2.41. The van der Waals surface area contributed by atoms with Crippen molar-refractivity contribution >= 4 is 11.8 Å². The van der Waals surface area contributed by atoms with Gasteiger partial charge in [-0.05, 0) is 36.8 Å². The molecule has 1 unspecified atom stereocenters. The van der Waals surface area contributed by atoms with Gasteiger partial charge in [0.15, 0.2) is 0 Å².